The van der Waals surface area contributed by atoms with E-state index in [1.807, 2.05) is 13.8 Å². The third-order valence-electron chi connectivity index (χ3n) is 3.53. The molecule has 1 aromatic carbocycles. The summed E-state index contributed by atoms with van der Waals surface area (Å²) in [6, 6.07) is 5.21. The van der Waals surface area contributed by atoms with Gasteiger partial charge < -0.3 is 4.57 Å². The first-order valence-corrected chi connectivity index (χ1v) is 9.04. The number of rotatable bonds is 3. The zero-order valence-corrected chi connectivity index (χ0v) is 15.9. The summed E-state index contributed by atoms with van der Waals surface area (Å²) >= 11 is 13.8. The van der Waals surface area contributed by atoms with E-state index in [0.717, 1.165) is 4.70 Å². The molecule has 0 aliphatic rings. The van der Waals surface area contributed by atoms with Gasteiger partial charge in [0.25, 0.3) is 5.91 Å². The number of halogens is 2. The van der Waals surface area contributed by atoms with Crippen LogP contribution in [0, 0.1) is 12.3 Å². The van der Waals surface area contributed by atoms with Crippen molar-refractivity contribution >= 4 is 50.7 Å². The number of hydrogen-bond donors (Lipinski definition) is 0. The quantitative estimate of drug-likeness (QED) is 0.628. The van der Waals surface area contributed by atoms with Gasteiger partial charge in [-0.3, -0.25) is 9.48 Å². The molecule has 0 saturated heterocycles. The molecule has 0 radical (unpaired) electrons. The third-order valence-corrected chi connectivity index (χ3v) is 5.38. The van der Waals surface area contributed by atoms with E-state index >= 15 is 0 Å². The average Bonchev–Trinajstić information content (AvgIpc) is 3.18. The zero-order valence-electron chi connectivity index (χ0n) is 13.5. The van der Waals surface area contributed by atoms with E-state index in [9.17, 15) is 4.79 Å². The van der Waals surface area contributed by atoms with Crippen molar-refractivity contribution in [3.8, 4) is 12.3 Å². The molecule has 1 amide bonds. The van der Waals surface area contributed by atoms with Crippen molar-refractivity contribution in [2.45, 2.75) is 26.4 Å². The predicted molar refractivity (Wildman–Crippen MR) is 101 cm³/mol. The highest BCUT2D eigenvalue weighted by Crippen LogP contribution is 2.31. The number of terminal acetylenes is 1. The highest BCUT2D eigenvalue weighted by Gasteiger charge is 2.15. The lowest BCUT2D eigenvalue weighted by molar-refractivity contribution is 0.0992. The second-order valence-electron chi connectivity index (χ2n) is 5.57. The fourth-order valence-electron chi connectivity index (χ4n) is 2.32. The number of fused-ring (bicyclic) bond motifs is 1. The van der Waals surface area contributed by atoms with Crippen LogP contribution in [0.3, 0.4) is 0 Å². The molecule has 2 heterocycles. The molecule has 0 unspecified atom stereocenters. The van der Waals surface area contributed by atoms with Gasteiger partial charge in [-0.05, 0) is 32.0 Å². The Morgan fingerprint density at radius 2 is 2.08 bits per heavy atom. The predicted octanol–water partition coefficient (Wildman–Crippen LogP) is 4.16. The number of carbonyl (C=O) groups excluding carboxylic acids is 1. The van der Waals surface area contributed by atoms with Gasteiger partial charge in [0.1, 0.15) is 0 Å². The Morgan fingerprint density at radius 1 is 1.36 bits per heavy atom. The topological polar surface area (TPSA) is 52.2 Å². The lowest BCUT2D eigenvalue weighted by atomic mass is 10.3. The van der Waals surface area contributed by atoms with Gasteiger partial charge in [0.15, 0.2) is 10.5 Å². The summed E-state index contributed by atoms with van der Waals surface area (Å²) in [4.78, 5) is 17.1. The zero-order chi connectivity index (χ0) is 18.1. The number of nitrogens with zero attached hydrogens (tertiary/aromatic N) is 4. The summed E-state index contributed by atoms with van der Waals surface area (Å²) in [6.45, 7) is 4.19. The van der Waals surface area contributed by atoms with Crippen molar-refractivity contribution in [1.82, 2.24) is 14.3 Å². The number of benzene rings is 1. The summed E-state index contributed by atoms with van der Waals surface area (Å²) in [5.41, 5.74) is 0.951. The van der Waals surface area contributed by atoms with E-state index in [1.165, 1.54) is 11.3 Å². The molecule has 25 heavy (non-hydrogen) atoms. The molecular formula is C17H14Cl2N4OS. The Morgan fingerprint density at radius 3 is 2.72 bits per heavy atom. The van der Waals surface area contributed by atoms with Crippen molar-refractivity contribution in [1.29, 1.82) is 0 Å². The maximum Gasteiger partial charge on any atom is 0.300 e. The summed E-state index contributed by atoms with van der Waals surface area (Å²) in [6.07, 6.45) is 7.21. The first kappa shape index (κ1) is 17.7. The number of amides is 1. The van der Waals surface area contributed by atoms with Crippen molar-refractivity contribution in [3.05, 3.63) is 44.9 Å². The Bertz CT molecular complexity index is 1070. The van der Waals surface area contributed by atoms with E-state index < -0.39 is 5.91 Å². The lowest BCUT2D eigenvalue weighted by Crippen LogP contribution is -2.17. The molecule has 0 fully saturated rings. The van der Waals surface area contributed by atoms with Crippen LogP contribution in [-0.2, 0) is 6.54 Å². The first-order chi connectivity index (χ1) is 11.9. The van der Waals surface area contributed by atoms with Crippen molar-refractivity contribution < 1.29 is 4.79 Å². The molecule has 0 aliphatic carbocycles. The van der Waals surface area contributed by atoms with Crippen molar-refractivity contribution in [3.63, 3.8) is 0 Å². The van der Waals surface area contributed by atoms with Crippen LogP contribution in [0.4, 0.5) is 0 Å². The molecule has 128 valence electrons. The Labute approximate surface area is 158 Å². The second kappa shape index (κ2) is 7.04. The minimum atomic E-state index is -0.441. The van der Waals surface area contributed by atoms with E-state index in [4.69, 9.17) is 29.6 Å². The molecule has 5 nitrogen and oxygen atoms in total. The SMILES string of the molecule is C#CCn1c(=NC(=O)c2ccn(C(C)C)n2)sc2c(Cl)ccc(Cl)c21. The van der Waals surface area contributed by atoms with E-state index in [2.05, 4.69) is 16.0 Å². The molecular weight excluding hydrogens is 379 g/mol. The molecule has 0 aliphatic heterocycles. The van der Waals surface area contributed by atoms with Crippen molar-refractivity contribution in [2.24, 2.45) is 4.99 Å². The smallest absolute Gasteiger partial charge is 0.300 e. The summed E-state index contributed by atoms with van der Waals surface area (Å²) in [5, 5.41) is 5.29. The van der Waals surface area contributed by atoms with Crippen LogP contribution in [0.1, 0.15) is 30.4 Å². The molecule has 0 saturated carbocycles. The van der Waals surface area contributed by atoms with Crippen LogP contribution in [0.25, 0.3) is 10.2 Å². The molecule has 3 rings (SSSR count). The minimum Gasteiger partial charge on any atom is -0.303 e. The largest absolute Gasteiger partial charge is 0.303 e. The van der Waals surface area contributed by atoms with Gasteiger partial charge in [0, 0.05) is 12.2 Å². The normalized spacial score (nSPS) is 12.1. The standard InChI is InChI=1S/C17H14Cl2N4OS/c1-4-8-22-14-11(18)5-6-12(19)15(14)25-17(22)20-16(24)13-7-9-23(21-13)10(2)3/h1,5-7,9-10H,8H2,2-3H3. The van der Waals surface area contributed by atoms with E-state index in [0.29, 0.717) is 20.4 Å². The fourth-order valence-corrected chi connectivity index (χ4v) is 3.96. The van der Waals surface area contributed by atoms with Crippen LogP contribution in [0.5, 0.6) is 0 Å². The lowest BCUT2D eigenvalue weighted by Gasteiger charge is -2.03. The summed E-state index contributed by atoms with van der Waals surface area (Å²) < 4.78 is 4.16. The molecule has 0 spiro atoms. The maximum absolute atomic E-state index is 12.5. The van der Waals surface area contributed by atoms with Crippen LogP contribution in [0.15, 0.2) is 29.4 Å². The maximum atomic E-state index is 12.5. The molecule has 0 N–H and O–H groups in total. The summed E-state index contributed by atoms with van der Waals surface area (Å²) in [5.74, 6) is 2.12. The van der Waals surface area contributed by atoms with Gasteiger partial charge >= 0.3 is 0 Å². The number of thiazole rings is 1. The Kier molecular flexibility index (Phi) is 5.00. The number of aromatic nitrogens is 3. The monoisotopic (exact) mass is 392 g/mol. The minimum absolute atomic E-state index is 0.162. The molecule has 2 aromatic heterocycles. The Hall–Kier alpha value is -2.07. The van der Waals surface area contributed by atoms with Gasteiger partial charge in [0.05, 0.1) is 26.8 Å². The van der Waals surface area contributed by atoms with Gasteiger partial charge in [-0.1, -0.05) is 40.5 Å². The molecule has 0 bridgehead atoms. The Balaban J connectivity index is 2.16. The number of carbonyl (C=O) groups is 1. The third kappa shape index (κ3) is 3.36. The molecule has 0 atom stereocenters. The first-order valence-electron chi connectivity index (χ1n) is 7.47. The van der Waals surface area contributed by atoms with Crippen molar-refractivity contribution in [2.75, 3.05) is 0 Å². The van der Waals surface area contributed by atoms with E-state index in [-0.39, 0.29) is 18.3 Å². The summed E-state index contributed by atoms with van der Waals surface area (Å²) in [7, 11) is 0. The second-order valence-corrected chi connectivity index (χ2v) is 7.37. The molecule has 3 aromatic rings. The van der Waals surface area contributed by atoms with Crippen LogP contribution >= 0.6 is 34.5 Å². The highest BCUT2D eigenvalue weighted by molar-refractivity contribution is 7.17. The van der Waals surface area contributed by atoms with Crippen LogP contribution in [0.2, 0.25) is 10.0 Å². The van der Waals surface area contributed by atoms with Gasteiger partial charge in [-0.25, -0.2) is 0 Å². The van der Waals surface area contributed by atoms with E-state index in [1.54, 1.807) is 33.6 Å². The average molecular weight is 393 g/mol. The molecule has 8 heteroatoms. The highest BCUT2D eigenvalue weighted by atomic mass is 35.5. The van der Waals surface area contributed by atoms with Crippen LogP contribution < -0.4 is 4.80 Å². The fraction of sp³-hybridized carbons (Fsp3) is 0.235. The number of hydrogen-bond acceptors (Lipinski definition) is 3. The van der Waals surface area contributed by atoms with Gasteiger partial charge in [0.2, 0.25) is 0 Å². The van der Waals surface area contributed by atoms with Gasteiger partial charge in [-0.15, -0.1) is 6.42 Å². The van der Waals surface area contributed by atoms with Gasteiger partial charge in [-0.2, -0.15) is 10.1 Å². The van der Waals surface area contributed by atoms with Crippen LogP contribution in [-0.4, -0.2) is 20.3 Å².